The molecule has 0 aromatic heterocycles. The van der Waals surface area contributed by atoms with Gasteiger partial charge in [-0.25, -0.2) is 0 Å². The summed E-state index contributed by atoms with van der Waals surface area (Å²) >= 11 is 0. The first-order valence-corrected chi connectivity index (χ1v) is 32.3. The number of ether oxygens (including phenoxy) is 9. The van der Waals surface area contributed by atoms with E-state index in [0.717, 1.165) is 28.0 Å². The Balaban J connectivity index is 0.645. The van der Waals surface area contributed by atoms with E-state index in [2.05, 4.69) is 10.6 Å². The normalized spacial score (nSPS) is 17.7. The summed E-state index contributed by atoms with van der Waals surface area (Å²) in [6, 6.07) is 20.3. The number of carbonyl (C=O) groups excluding carboxylic acids is 8. The van der Waals surface area contributed by atoms with E-state index in [1.165, 1.54) is 19.1 Å². The minimum atomic E-state index is -0.793. The Bertz CT molecular complexity index is 3570. The Hall–Kier alpha value is -9.10. The van der Waals surface area contributed by atoms with Gasteiger partial charge < -0.3 is 63.1 Å². The first-order chi connectivity index (χ1) is 45.9. The number of anilines is 1. The summed E-state index contributed by atoms with van der Waals surface area (Å²) in [6.07, 6.45) is 9.98. The molecule has 6 amide bonds. The molecule has 4 aromatic rings. The molecular weight excluding hydrogens is 1220 g/mol. The molecule has 506 valence electrons. The summed E-state index contributed by atoms with van der Waals surface area (Å²) in [6.45, 7) is 10.2. The van der Waals surface area contributed by atoms with Gasteiger partial charge in [0.1, 0.15) is 11.5 Å². The molecule has 1 fully saturated rings. The van der Waals surface area contributed by atoms with Crippen molar-refractivity contribution < 1.29 is 81.0 Å². The van der Waals surface area contributed by atoms with E-state index in [1.54, 1.807) is 79.6 Å². The Kier molecular flexibility index (Phi) is 25.0. The van der Waals surface area contributed by atoms with Crippen molar-refractivity contribution >= 4 is 87.6 Å². The monoisotopic (exact) mass is 1310 g/mol. The molecule has 24 heteroatoms. The molecular formula is C71H85N7O17. The Morgan fingerprint density at radius 3 is 1.59 bits per heavy atom. The van der Waals surface area contributed by atoms with E-state index < -0.39 is 12.0 Å². The number of rotatable bonds is 37. The molecule has 0 aliphatic carbocycles. The number of methoxy groups -OCH3 is 3. The van der Waals surface area contributed by atoms with Crippen LogP contribution in [-0.2, 0) is 47.7 Å². The summed E-state index contributed by atoms with van der Waals surface area (Å²) < 4.78 is 51.2. The molecule has 9 rings (SSSR count). The molecule has 5 aliphatic rings. The fraction of sp³-hybridized carbons (Fsp3) is 0.465. The molecule has 0 radical (unpaired) electrons. The maximum Gasteiger partial charge on any atom is 0.260 e. The number of fused-ring (bicyclic) bond motifs is 4. The van der Waals surface area contributed by atoms with Gasteiger partial charge in [-0.3, -0.25) is 53.2 Å². The van der Waals surface area contributed by atoms with E-state index in [1.807, 2.05) is 62.6 Å². The third-order valence-electron chi connectivity index (χ3n) is 16.9. The lowest BCUT2D eigenvalue weighted by Gasteiger charge is -2.23. The van der Waals surface area contributed by atoms with Crippen LogP contribution in [0.1, 0.15) is 117 Å². The molecule has 24 nitrogen and oxygen atoms in total. The lowest BCUT2D eigenvalue weighted by atomic mass is 9.92. The highest BCUT2D eigenvalue weighted by atomic mass is 16.6. The zero-order valence-corrected chi connectivity index (χ0v) is 55.0. The number of carbonyl (C=O) groups is 8. The predicted octanol–water partition coefficient (Wildman–Crippen LogP) is 8.77. The zero-order chi connectivity index (χ0) is 67.5. The molecule has 1 unspecified atom stereocenters. The van der Waals surface area contributed by atoms with E-state index >= 15 is 0 Å². The number of likely N-dealkylation sites (tertiary alicyclic amines) is 1. The number of ketones is 2. The Labute approximate surface area is 553 Å². The number of nitrogens with zero attached hydrogens (tertiary/aromatic N) is 5. The van der Waals surface area contributed by atoms with Crippen LogP contribution >= 0.6 is 0 Å². The molecule has 0 spiro atoms. The number of aliphatic imine (C=N–C) groups is 2. The smallest absolute Gasteiger partial charge is 0.260 e. The third-order valence-corrected chi connectivity index (χ3v) is 16.9. The van der Waals surface area contributed by atoms with Crippen LogP contribution in [0.5, 0.6) is 28.7 Å². The molecule has 95 heavy (non-hydrogen) atoms. The predicted molar refractivity (Wildman–Crippen MR) is 354 cm³/mol. The average molecular weight is 1310 g/mol. The van der Waals surface area contributed by atoms with Crippen LogP contribution < -0.4 is 34.3 Å². The molecule has 0 bridgehead atoms. The largest absolute Gasteiger partial charge is 0.497 e. The maximum absolute atomic E-state index is 14.2. The van der Waals surface area contributed by atoms with Gasteiger partial charge in [0, 0.05) is 119 Å². The van der Waals surface area contributed by atoms with Crippen molar-refractivity contribution in [2.75, 3.05) is 99.3 Å². The fourth-order valence-corrected chi connectivity index (χ4v) is 11.5. The third kappa shape index (κ3) is 18.4. The van der Waals surface area contributed by atoms with Gasteiger partial charge in [-0.2, -0.15) is 0 Å². The first-order valence-electron chi connectivity index (χ1n) is 32.3. The van der Waals surface area contributed by atoms with Crippen molar-refractivity contribution in [3.8, 4) is 28.7 Å². The quantitative estimate of drug-likeness (QED) is 0.0315. The number of imide groups is 1. The van der Waals surface area contributed by atoms with Crippen LogP contribution in [0.3, 0.4) is 0 Å². The van der Waals surface area contributed by atoms with Crippen LogP contribution in [0.15, 0.2) is 95.2 Å². The van der Waals surface area contributed by atoms with Gasteiger partial charge in [0.2, 0.25) is 23.6 Å². The average Bonchev–Trinajstić information content (AvgIpc) is 1.67. The number of amides is 6. The van der Waals surface area contributed by atoms with Gasteiger partial charge >= 0.3 is 0 Å². The number of hydrogen-bond donors (Lipinski definition) is 2. The summed E-state index contributed by atoms with van der Waals surface area (Å²) in [7, 11) is 4.65. The number of hydrogen-bond acceptors (Lipinski definition) is 19. The summed E-state index contributed by atoms with van der Waals surface area (Å²) in [4.78, 5) is 118. The number of benzene rings is 4. The van der Waals surface area contributed by atoms with Gasteiger partial charge in [0.15, 0.2) is 28.8 Å². The highest BCUT2D eigenvalue weighted by Crippen LogP contribution is 2.42. The summed E-state index contributed by atoms with van der Waals surface area (Å²) in [5.74, 6) is -0.723. The highest BCUT2D eigenvalue weighted by molar-refractivity contribution is 6.07. The summed E-state index contributed by atoms with van der Waals surface area (Å²) in [5, 5.41) is 5.73. The molecule has 5 heterocycles. The topological polar surface area (TPSA) is 278 Å². The minimum Gasteiger partial charge on any atom is -0.497 e. The van der Waals surface area contributed by atoms with Gasteiger partial charge in [-0.1, -0.05) is 52.0 Å². The maximum atomic E-state index is 14.2. The van der Waals surface area contributed by atoms with Crippen LogP contribution in [0, 0.1) is 17.8 Å². The van der Waals surface area contributed by atoms with Gasteiger partial charge in [-0.05, 0) is 71.0 Å². The number of Topliss-reactive ketones (excluding diaryl/α,β-unsaturated/α-hetero) is 2. The van der Waals surface area contributed by atoms with Crippen molar-refractivity contribution in [1.29, 1.82) is 0 Å². The van der Waals surface area contributed by atoms with Crippen molar-refractivity contribution in [1.82, 2.24) is 20.0 Å². The zero-order valence-electron chi connectivity index (χ0n) is 55.0. The first kappa shape index (κ1) is 70.2. The SMILES string of the molecule is COc1ccc(C2=CN3C(=O)c4cc(OC)c(OCCCOc5cc6c(cc5OC)C(=O)N5C=C(c7ccc(NC(=O)[C@H](C)CC(=O)[C@@H](NC(=O)CCOCCOCCOCCOCCCC(=O)CCN8C(=O)CC(C)C8=O)C(C)C)cc7)C[C@@H]5C=N6)cc4N=C[C@H]3C2)cc1. The highest BCUT2D eigenvalue weighted by Gasteiger charge is 2.37. The Morgan fingerprint density at radius 2 is 1.09 bits per heavy atom. The van der Waals surface area contributed by atoms with Crippen molar-refractivity contribution in [2.45, 2.75) is 104 Å². The second kappa shape index (κ2) is 33.8. The van der Waals surface area contributed by atoms with Crippen molar-refractivity contribution in [3.63, 3.8) is 0 Å². The molecule has 5 aliphatic heterocycles. The standard InChI is InChI=1S/C71H85N7O17/c1-44(2)67(75-65(81)20-25-91-27-29-93-31-30-92-28-26-90-22-8-10-54(79)19-21-76-66(82)33-46(4)69(76)84)60(80)32-45(3)68(83)74-51-15-11-47(12-16-51)49-34-52-40-72-58-38-63(61(88-6)36-56(58)70(85)77(52)42-49)94-23-9-24-95-64-39-59-57(37-62(64)89-7)71(86)78-43-50(35-53(78)41-73-59)48-13-17-55(87-5)18-14-48/h11-18,36-46,52-53,67H,8-10,19-35H2,1-7H3,(H,74,83)(H,75,81)/t45-,46?,52-,53-,67+/m1/s1. The molecule has 4 aromatic carbocycles. The molecule has 2 N–H and O–H groups in total. The fourth-order valence-electron chi connectivity index (χ4n) is 11.5. The molecule has 5 atom stereocenters. The van der Waals surface area contributed by atoms with E-state index in [9.17, 15) is 38.4 Å². The molecule has 0 saturated carbocycles. The molecule has 1 saturated heterocycles. The van der Waals surface area contributed by atoms with Gasteiger partial charge in [0.05, 0.1) is 121 Å². The second-order valence-electron chi connectivity index (χ2n) is 24.2. The van der Waals surface area contributed by atoms with Crippen LogP contribution in [0.4, 0.5) is 17.1 Å². The second-order valence-corrected chi connectivity index (χ2v) is 24.2. The van der Waals surface area contributed by atoms with Crippen molar-refractivity contribution in [2.24, 2.45) is 27.7 Å². The lowest BCUT2D eigenvalue weighted by Crippen LogP contribution is -2.45. The van der Waals surface area contributed by atoms with E-state index in [0.29, 0.717) is 123 Å². The number of nitrogens with one attached hydrogen (secondary N) is 2. The van der Waals surface area contributed by atoms with Crippen LogP contribution in [0.25, 0.3) is 11.1 Å². The Morgan fingerprint density at radius 1 is 0.579 bits per heavy atom. The van der Waals surface area contributed by atoms with E-state index in [-0.39, 0.29) is 130 Å². The lowest BCUT2D eigenvalue weighted by molar-refractivity contribution is -0.139. The van der Waals surface area contributed by atoms with Crippen molar-refractivity contribution in [3.05, 3.63) is 107 Å². The minimum absolute atomic E-state index is 0.0171. The van der Waals surface area contributed by atoms with E-state index in [4.69, 9.17) is 52.6 Å². The van der Waals surface area contributed by atoms with Crippen LogP contribution in [-0.4, -0.2) is 186 Å². The van der Waals surface area contributed by atoms with Gasteiger partial charge in [0.25, 0.3) is 11.8 Å². The van der Waals surface area contributed by atoms with Gasteiger partial charge in [-0.15, -0.1) is 0 Å². The summed E-state index contributed by atoms with van der Waals surface area (Å²) in [5.41, 5.74) is 5.99. The van der Waals surface area contributed by atoms with Crippen LogP contribution in [0.2, 0.25) is 0 Å².